The highest BCUT2D eigenvalue weighted by Gasteiger charge is 2.60. The lowest BCUT2D eigenvalue weighted by atomic mass is 9.93. The molecular formula is C16H24N9O5P. The Morgan fingerprint density at radius 1 is 1.58 bits per heavy atom. The highest BCUT2D eigenvalue weighted by molar-refractivity contribution is 7.51. The van der Waals surface area contributed by atoms with E-state index < -0.39 is 31.7 Å². The average molecular weight is 453 g/mol. The van der Waals surface area contributed by atoms with Crippen molar-refractivity contribution in [3.8, 4) is 5.88 Å². The number of anilines is 1. The molecule has 0 aromatic carbocycles. The third-order valence-electron chi connectivity index (χ3n) is 5.48. The molecule has 4 heterocycles. The van der Waals surface area contributed by atoms with Gasteiger partial charge in [0.25, 0.3) is 0 Å². The van der Waals surface area contributed by atoms with E-state index >= 15 is 0 Å². The summed E-state index contributed by atoms with van der Waals surface area (Å²) >= 11 is 0. The first kappa shape index (κ1) is 21.8. The summed E-state index contributed by atoms with van der Waals surface area (Å²) in [6, 6.07) is -0.101. The van der Waals surface area contributed by atoms with Crippen LogP contribution >= 0.6 is 7.75 Å². The number of aromatic nitrogens is 4. The lowest BCUT2D eigenvalue weighted by Gasteiger charge is -2.37. The maximum absolute atomic E-state index is 13.2. The Balaban J connectivity index is 1.76. The average Bonchev–Trinajstić information content (AvgIpc) is 3.26. The molecule has 2 fully saturated rings. The van der Waals surface area contributed by atoms with Crippen LogP contribution < -0.4 is 15.6 Å². The van der Waals surface area contributed by atoms with Gasteiger partial charge < -0.3 is 15.2 Å². The number of fused-ring (bicyclic) bond motifs is 2. The van der Waals surface area contributed by atoms with Crippen molar-refractivity contribution in [1.82, 2.24) is 24.6 Å². The van der Waals surface area contributed by atoms with Crippen molar-refractivity contribution in [2.24, 2.45) is 5.11 Å². The molecule has 0 aliphatic carbocycles. The van der Waals surface area contributed by atoms with E-state index in [9.17, 15) is 10.1 Å². The van der Waals surface area contributed by atoms with Crippen LogP contribution in [0, 0.1) is 0 Å². The monoisotopic (exact) mass is 453 g/mol. The molecule has 0 bridgehead atoms. The molecule has 31 heavy (non-hydrogen) atoms. The predicted octanol–water partition coefficient (Wildman–Crippen LogP) is 2.30. The molecule has 168 valence electrons. The Morgan fingerprint density at radius 3 is 3.03 bits per heavy atom. The number of nitrogens with one attached hydrogen (secondary N) is 1. The van der Waals surface area contributed by atoms with Gasteiger partial charge in [0.15, 0.2) is 17.4 Å². The summed E-state index contributed by atoms with van der Waals surface area (Å²) in [4.78, 5) is 15.6. The van der Waals surface area contributed by atoms with E-state index in [1.54, 1.807) is 11.5 Å². The minimum atomic E-state index is -3.64. The highest BCUT2D eigenvalue weighted by Crippen LogP contribution is 2.57. The maximum atomic E-state index is 13.2. The summed E-state index contributed by atoms with van der Waals surface area (Å²) in [5.74, 6) is 0.179. The van der Waals surface area contributed by atoms with E-state index in [4.69, 9.17) is 24.3 Å². The molecule has 0 radical (unpaired) electrons. The van der Waals surface area contributed by atoms with Gasteiger partial charge in [-0.25, -0.2) is 14.6 Å². The smallest absolute Gasteiger partial charge is 0.406 e. The van der Waals surface area contributed by atoms with E-state index in [1.807, 2.05) is 13.8 Å². The fourth-order valence-electron chi connectivity index (χ4n) is 3.74. The van der Waals surface area contributed by atoms with Crippen molar-refractivity contribution in [2.45, 2.75) is 57.2 Å². The summed E-state index contributed by atoms with van der Waals surface area (Å²) in [7, 11) is -2.19. The zero-order valence-electron chi connectivity index (χ0n) is 17.5. The Morgan fingerprint density at radius 2 is 2.35 bits per heavy atom. The molecule has 2 aliphatic rings. The van der Waals surface area contributed by atoms with Gasteiger partial charge >= 0.3 is 7.75 Å². The molecule has 2 saturated heterocycles. The van der Waals surface area contributed by atoms with Gasteiger partial charge in [0.05, 0.1) is 20.0 Å². The second-order valence-corrected chi connectivity index (χ2v) is 9.34. The number of azide groups is 1. The summed E-state index contributed by atoms with van der Waals surface area (Å²) in [5.41, 5.74) is 14.5. The van der Waals surface area contributed by atoms with Crippen molar-refractivity contribution in [2.75, 3.05) is 19.5 Å². The predicted molar refractivity (Wildman–Crippen MR) is 109 cm³/mol. The summed E-state index contributed by atoms with van der Waals surface area (Å²) in [5, 5.41) is 6.87. The van der Waals surface area contributed by atoms with Gasteiger partial charge in [-0.15, -0.1) is 0 Å². The zero-order valence-corrected chi connectivity index (χ0v) is 18.4. The summed E-state index contributed by atoms with van der Waals surface area (Å²) in [6.07, 6.45) is -0.183. The molecule has 0 saturated carbocycles. The van der Waals surface area contributed by atoms with Gasteiger partial charge in [0.2, 0.25) is 11.8 Å². The molecule has 2 aliphatic heterocycles. The molecule has 1 unspecified atom stereocenters. The third kappa shape index (κ3) is 3.61. The van der Waals surface area contributed by atoms with Gasteiger partial charge in [0, 0.05) is 11.0 Å². The van der Waals surface area contributed by atoms with Gasteiger partial charge in [-0.1, -0.05) is 12.0 Å². The number of ether oxygens (including phenoxy) is 2. The van der Waals surface area contributed by atoms with Crippen LogP contribution in [0.25, 0.3) is 21.6 Å². The van der Waals surface area contributed by atoms with Gasteiger partial charge in [-0.2, -0.15) is 9.97 Å². The van der Waals surface area contributed by atoms with Crippen molar-refractivity contribution in [1.29, 1.82) is 0 Å². The van der Waals surface area contributed by atoms with E-state index in [-0.39, 0.29) is 24.5 Å². The minimum absolute atomic E-state index is 0.00844. The normalized spacial score (nSPS) is 33.6. The number of imidazole rings is 1. The van der Waals surface area contributed by atoms with Gasteiger partial charge in [0.1, 0.15) is 17.7 Å². The quantitative estimate of drug-likeness (QED) is 0.284. The van der Waals surface area contributed by atoms with Crippen LogP contribution in [0.5, 0.6) is 5.88 Å². The van der Waals surface area contributed by atoms with Crippen molar-refractivity contribution in [3.63, 3.8) is 0 Å². The number of nitrogen functional groups attached to an aromatic ring is 1. The number of nitrogens with two attached hydrogens (primary N) is 1. The molecule has 2 aromatic heterocycles. The first-order valence-electron chi connectivity index (χ1n) is 9.71. The third-order valence-corrected chi connectivity index (χ3v) is 7.23. The molecule has 15 heteroatoms. The van der Waals surface area contributed by atoms with Gasteiger partial charge in [-0.3, -0.25) is 13.6 Å². The van der Waals surface area contributed by atoms with Crippen LogP contribution in [0.15, 0.2) is 11.4 Å². The number of rotatable bonds is 6. The molecule has 2 aromatic rings. The fourth-order valence-corrected chi connectivity index (χ4v) is 5.65. The van der Waals surface area contributed by atoms with E-state index in [0.717, 1.165) is 6.42 Å². The van der Waals surface area contributed by atoms with E-state index in [0.29, 0.717) is 11.2 Å². The van der Waals surface area contributed by atoms with Crippen molar-refractivity contribution >= 4 is 24.9 Å². The Bertz CT molecular complexity index is 1090. The fraction of sp³-hybridized carbons (Fsp3) is 0.688. The van der Waals surface area contributed by atoms with Crippen LogP contribution in [-0.4, -0.2) is 57.0 Å². The first-order chi connectivity index (χ1) is 14.7. The standard InChI is InChI=1S/C16H24N9O5P/c1-5-8(2)22-31(26)28-6-9-11(30-31)16(3,23-24-18)14(29-9)25-7-19-10-12(25)20-15(17)21-13(10)27-4/h7-9,11,14H,5-6H2,1-4H3,(H,22,26)(H2,17,20,21)/t8-,9+,11+,14+,16+,31?/m0/s1. The Labute approximate surface area is 177 Å². The number of nitrogens with zero attached hydrogens (tertiary/aromatic N) is 7. The lowest BCUT2D eigenvalue weighted by Crippen LogP contribution is -2.47. The van der Waals surface area contributed by atoms with Crippen LogP contribution in [-0.2, 0) is 18.3 Å². The second kappa shape index (κ2) is 7.90. The molecule has 14 nitrogen and oxygen atoms in total. The van der Waals surface area contributed by atoms with Crippen LogP contribution in [0.2, 0.25) is 0 Å². The minimum Gasteiger partial charge on any atom is -0.479 e. The van der Waals surface area contributed by atoms with E-state index in [2.05, 4.69) is 30.1 Å². The molecular weight excluding hydrogens is 429 g/mol. The molecule has 4 rings (SSSR count). The molecule has 3 N–H and O–H groups in total. The van der Waals surface area contributed by atoms with Gasteiger partial charge in [-0.05, 0) is 25.8 Å². The molecule has 0 spiro atoms. The lowest BCUT2D eigenvalue weighted by molar-refractivity contribution is -0.0588. The largest absolute Gasteiger partial charge is 0.479 e. The van der Waals surface area contributed by atoms with E-state index in [1.165, 1.54) is 13.4 Å². The zero-order chi connectivity index (χ0) is 22.4. The maximum Gasteiger partial charge on any atom is 0.406 e. The first-order valence-corrected chi connectivity index (χ1v) is 11.3. The van der Waals surface area contributed by atoms with Crippen LogP contribution in [0.3, 0.4) is 0 Å². The topological polar surface area (TPSA) is 184 Å². The molecule has 0 amide bonds. The summed E-state index contributed by atoms with van der Waals surface area (Å²) in [6.45, 7) is 5.47. The Kier molecular flexibility index (Phi) is 5.54. The molecule has 6 atom stereocenters. The Hall–Kier alpha value is -2.47. The van der Waals surface area contributed by atoms with Crippen LogP contribution in [0.1, 0.15) is 33.4 Å². The summed E-state index contributed by atoms with van der Waals surface area (Å²) < 4.78 is 37.5. The van der Waals surface area contributed by atoms with Crippen LogP contribution in [0.4, 0.5) is 5.95 Å². The van der Waals surface area contributed by atoms with Crippen molar-refractivity contribution < 1.29 is 23.1 Å². The second-order valence-electron chi connectivity index (χ2n) is 7.61. The van der Waals surface area contributed by atoms with Crippen molar-refractivity contribution in [3.05, 3.63) is 16.8 Å². The highest BCUT2D eigenvalue weighted by atomic mass is 31.2. The number of hydrogen-bond donors (Lipinski definition) is 2. The number of hydrogen-bond acceptors (Lipinski definition) is 10. The number of methoxy groups -OCH3 is 1. The SMILES string of the molecule is CC[C@H](C)NP1(=O)OC[C@H]2O[C@@H](n3cnc4c(OC)nc(N)nc43)[C@](C)(N=[N+]=[N-])[C@@H]2O1.